The molecule has 2 rings (SSSR count). The lowest BCUT2D eigenvalue weighted by atomic mass is 10.1. The van der Waals surface area contributed by atoms with Crippen LogP contribution in [0.5, 0.6) is 0 Å². The average molecular weight is 233 g/mol. The number of hydrogen-bond donors (Lipinski definition) is 1. The van der Waals surface area contributed by atoms with E-state index in [2.05, 4.69) is 24.4 Å². The first-order chi connectivity index (χ1) is 8.22. The molecule has 0 saturated heterocycles. The van der Waals surface area contributed by atoms with E-state index in [1.54, 1.807) is 0 Å². The number of nitrogens with one attached hydrogen (secondary N) is 1. The lowest BCUT2D eigenvalue weighted by molar-refractivity contribution is -0.143. The number of carbonyl (C=O) groups excluding carboxylic acids is 1. The maximum absolute atomic E-state index is 11.6. The molecule has 0 aliphatic heterocycles. The van der Waals surface area contributed by atoms with E-state index in [1.165, 1.54) is 18.2 Å². The predicted octanol–water partition coefficient (Wildman–Crippen LogP) is 2.04. The Bertz CT molecular complexity index is 399. The number of carbonyl (C=O) groups is 1. The summed E-state index contributed by atoms with van der Waals surface area (Å²) in [7, 11) is 1.45. The molecule has 1 aliphatic carbocycles. The molecule has 1 N–H and O–H groups in total. The second kappa shape index (κ2) is 5.32. The van der Waals surface area contributed by atoms with Crippen molar-refractivity contribution in [3.8, 4) is 0 Å². The van der Waals surface area contributed by atoms with Gasteiger partial charge in [0.15, 0.2) is 0 Å². The molecule has 0 heterocycles. The van der Waals surface area contributed by atoms with E-state index in [0.717, 1.165) is 19.4 Å². The van der Waals surface area contributed by atoms with Crippen LogP contribution in [0.15, 0.2) is 24.3 Å². The molecular formula is C14H19NO2. The third-order valence-electron chi connectivity index (χ3n) is 3.32. The summed E-state index contributed by atoms with van der Waals surface area (Å²) >= 11 is 0. The van der Waals surface area contributed by atoms with Gasteiger partial charge in [0.25, 0.3) is 0 Å². The van der Waals surface area contributed by atoms with E-state index in [4.69, 9.17) is 4.74 Å². The van der Waals surface area contributed by atoms with Crippen molar-refractivity contribution in [2.45, 2.75) is 32.4 Å². The number of aryl methyl sites for hydroxylation is 1. The van der Waals surface area contributed by atoms with Crippen LogP contribution in [0, 0.1) is 12.8 Å². The molecule has 1 aromatic carbocycles. The van der Waals surface area contributed by atoms with Crippen LogP contribution >= 0.6 is 0 Å². The van der Waals surface area contributed by atoms with Crippen LogP contribution in [0.2, 0.25) is 0 Å². The van der Waals surface area contributed by atoms with Gasteiger partial charge in [0.05, 0.1) is 7.11 Å². The first-order valence-electron chi connectivity index (χ1n) is 6.08. The topological polar surface area (TPSA) is 38.3 Å². The second-order valence-corrected chi connectivity index (χ2v) is 4.65. The Morgan fingerprint density at radius 1 is 1.47 bits per heavy atom. The zero-order chi connectivity index (χ0) is 12.3. The monoisotopic (exact) mass is 233 g/mol. The fourth-order valence-corrected chi connectivity index (χ4v) is 2.03. The summed E-state index contributed by atoms with van der Waals surface area (Å²) in [6.45, 7) is 2.81. The Balaban J connectivity index is 1.95. The van der Waals surface area contributed by atoms with Gasteiger partial charge in [-0.25, -0.2) is 0 Å². The van der Waals surface area contributed by atoms with E-state index in [0.29, 0.717) is 5.92 Å². The molecule has 1 aliphatic rings. The Hall–Kier alpha value is -1.35. The van der Waals surface area contributed by atoms with Gasteiger partial charge in [-0.1, -0.05) is 24.3 Å². The molecule has 1 aromatic rings. The van der Waals surface area contributed by atoms with Crippen LogP contribution < -0.4 is 5.32 Å². The van der Waals surface area contributed by atoms with Gasteiger partial charge < -0.3 is 10.1 Å². The lowest BCUT2D eigenvalue weighted by Crippen LogP contribution is -2.39. The molecule has 1 atom stereocenters. The second-order valence-electron chi connectivity index (χ2n) is 4.65. The van der Waals surface area contributed by atoms with Crippen LogP contribution in [0.1, 0.15) is 24.0 Å². The normalized spacial score (nSPS) is 16.6. The summed E-state index contributed by atoms with van der Waals surface area (Å²) < 4.78 is 4.83. The van der Waals surface area contributed by atoms with Gasteiger partial charge in [-0.05, 0) is 36.8 Å². The van der Waals surface area contributed by atoms with Crippen molar-refractivity contribution in [3.63, 3.8) is 0 Å². The maximum atomic E-state index is 11.6. The fraction of sp³-hybridized carbons (Fsp3) is 0.500. The Kier molecular flexibility index (Phi) is 3.79. The molecule has 0 bridgehead atoms. The first-order valence-corrected chi connectivity index (χ1v) is 6.08. The van der Waals surface area contributed by atoms with Crippen LogP contribution in [0.4, 0.5) is 0 Å². The Morgan fingerprint density at radius 3 is 2.76 bits per heavy atom. The third-order valence-corrected chi connectivity index (χ3v) is 3.32. The molecule has 1 saturated carbocycles. The van der Waals surface area contributed by atoms with Crippen molar-refractivity contribution < 1.29 is 9.53 Å². The molecular weight excluding hydrogens is 214 g/mol. The highest BCUT2D eigenvalue weighted by Gasteiger charge is 2.36. The van der Waals surface area contributed by atoms with Gasteiger partial charge in [0.1, 0.15) is 6.04 Å². The van der Waals surface area contributed by atoms with Crippen LogP contribution in [-0.4, -0.2) is 19.1 Å². The molecule has 17 heavy (non-hydrogen) atoms. The van der Waals surface area contributed by atoms with Gasteiger partial charge >= 0.3 is 5.97 Å². The van der Waals surface area contributed by atoms with Gasteiger partial charge in [-0.3, -0.25) is 4.79 Å². The standard InChI is InChI=1S/C14H19NO2/c1-10-5-3-4-6-12(10)9-15-13(11-7-8-11)14(16)17-2/h3-6,11,13,15H,7-9H2,1-2H3. The molecule has 1 fully saturated rings. The van der Waals surface area contributed by atoms with Crippen molar-refractivity contribution in [1.82, 2.24) is 5.32 Å². The van der Waals surface area contributed by atoms with Gasteiger partial charge in [-0.2, -0.15) is 0 Å². The Morgan fingerprint density at radius 2 is 2.18 bits per heavy atom. The molecule has 3 nitrogen and oxygen atoms in total. The number of ether oxygens (including phenoxy) is 1. The van der Waals surface area contributed by atoms with Crippen LogP contribution in [0.3, 0.4) is 0 Å². The number of esters is 1. The zero-order valence-electron chi connectivity index (χ0n) is 10.4. The summed E-state index contributed by atoms with van der Waals surface area (Å²) in [4.78, 5) is 11.6. The molecule has 0 spiro atoms. The average Bonchev–Trinajstić information content (AvgIpc) is 3.15. The number of rotatable bonds is 5. The molecule has 92 valence electrons. The van der Waals surface area contributed by atoms with E-state index in [-0.39, 0.29) is 12.0 Å². The minimum Gasteiger partial charge on any atom is -0.468 e. The highest BCUT2D eigenvalue weighted by Crippen LogP contribution is 2.33. The lowest BCUT2D eigenvalue weighted by Gasteiger charge is -2.16. The summed E-state index contributed by atoms with van der Waals surface area (Å²) in [5.41, 5.74) is 2.49. The van der Waals surface area contributed by atoms with Crippen molar-refractivity contribution in [2.24, 2.45) is 5.92 Å². The molecule has 3 heteroatoms. The van der Waals surface area contributed by atoms with E-state index in [9.17, 15) is 4.79 Å². The smallest absolute Gasteiger partial charge is 0.323 e. The molecule has 0 radical (unpaired) electrons. The molecule has 1 unspecified atom stereocenters. The molecule has 0 aromatic heterocycles. The number of benzene rings is 1. The summed E-state index contributed by atoms with van der Waals surface area (Å²) in [5, 5.41) is 3.31. The summed E-state index contributed by atoms with van der Waals surface area (Å²) in [6, 6.07) is 8.08. The van der Waals surface area contributed by atoms with Crippen molar-refractivity contribution in [3.05, 3.63) is 35.4 Å². The van der Waals surface area contributed by atoms with Crippen molar-refractivity contribution in [1.29, 1.82) is 0 Å². The zero-order valence-corrected chi connectivity index (χ0v) is 10.4. The highest BCUT2D eigenvalue weighted by atomic mass is 16.5. The van der Waals surface area contributed by atoms with Crippen LogP contribution in [0.25, 0.3) is 0 Å². The third kappa shape index (κ3) is 3.07. The maximum Gasteiger partial charge on any atom is 0.323 e. The van der Waals surface area contributed by atoms with Crippen molar-refractivity contribution >= 4 is 5.97 Å². The number of hydrogen-bond acceptors (Lipinski definition) is 3. The quantitative estimate of drug-likeness (QED) is 0.791. The fourth-order valence-electron chi connectivity index (χ4n) is 2.03. The van der Waals surface area contributed by atoms with Gasteiger partial charge in [0, 0.05) is 6.54 Å². The van der Waals surface area contributed by atoms with Crippen molar-refractivity contribution in [2.75, 3.05) is 7.11 Å². The van der Waals surface area contributed by atoms with Gasteiger partial charge in [-0.15, -0.1) is 0 Å². The summed E-state index contributed by atoms with van der Waals surface area (Å²) in [5.74, 6) is 0.326. The predicted molar refractivity (Wildman–Crippen MR) is 66.5 cm³/mol. The summed E-state index contributed by atoms with van der Waals surface area (Å²) in [6.07, 6.45) is 2.25. The van der Waals surface area contributed by atoms with E-state index in [1.807, 2.05) is 12.1 Å². The van der Waals surface area contributed by atoms with Crippen LogP contribution in [-0.2, 0) is 16.1 Å². The van der Waals surface area contributed by atoms with E-state index >= 15 is 0 Å². The first kappa shape index (κ1) is 12.1. The van der Waals surface area contributed by atoms with E-state index < -0.39 is 0 Å². The van der Waals surface area contributed by atoms with Gasteiger partial charge in [0.2, 0.25) is 0 Å². The minimum absolute atomic E-state index is 0.138. The largest absolute Gasteiger partial charge is 0.468 e. The Labute approximate surface area is 102 Å². The minimum atomic E-state index is -0.139. The SMILES string of the molecule is COC(=O)C(NCc1ccccc1C)C1CC1. The highest BCUT2D eigenvalue weighted by molar-refractivity contribution is 5.76. The number of methoxy groups -OCH3 is 1. The molecule has 0 amide bonds.